The number of sulfonamides is 1. The molecule has 0 radical (unpaired) electrons. The third-order valence-corrected chi connectivity index (χ3v) is 5.42. The standard InChI is InChI=1S/C20H24N6O2S/c1-15-3-5-17(6-4-15)14-29(27,28)23-12-11-22-18-7-8-19(26-25-18)24-20-13-16(2)9-10-21-20/h3-10,13,23H,11-12,14H2,1-2H3,(H,22,25)(H,21,24,26). The zero-order valence-electron chi connectivity index (χ0n) is 16.4. The lowest BCUT2D eigenvalue weighted by atomic mass is 10.2. The Morgan fingerprint density at radius 2 is 1.55 bits per heavy atom. The van der Waals surface area contributed by atoms with Crippen LogP contribution in [0.2, 0.25) is 0 Å². The van der Waals surface area contributed by atoms with E-state index in [1.165, 1.54) is 0 Å². The molecule has 1 aromatic carbocycles. The Kier molecular flexibility index (Phi) is 6.73. The Bertz CT molecular complexity index is 1040. The molecule has 0 aliphatic rings. The van der Waals surface area contributed by atoms with Crippen LogP contribution in [0.4, 0.5) is 17.5 Å². The summed E-state index contributed by atoms with van der Waals surface area (Å²) < 4.78 is 26.9. The molecule has 8 nitrogen and oxygen atoms in total. The van der Waals surface area contributed by atoms with Gasteiger partial charge in [0.2, 0.25) is 10.0 Å². The van der Waals surface area contributed by atoms with Gasteiger partial charge in [0.05, 0.1) is 5.75 Å². The number of rotatable bonds is 9. The summed E-state index contributed by atoms with van der Waals surface area (Å²) in [6.07, 6.45) is 1.72. The highest BCUT2D eigenvalue weighted by Gasteiger charge is 2.10. The molecule has 29 heavy (non-hydrogen) atoms. The van der Waals surface area contributed by atoms with Crippen molar-refractivity contribution in [3.8, 4) is 0 Å². The van der Waals surface area contributed by atoms with Crippen LogP contribution < -0.4 is 15.4 Å². The minimum absolute atomic E-state index is 0.0412. The zero-order valence-corrected chi connectivity index (χ0v) is 17.2. The molecule has 0 saturated heterocycles. The van der Waals surface area contributed by atoms with Crippen molar-refractivity contribution >= 4 is 27.5 Å². The molecule has 3 aromatic rings. The molecule has 3 rings (SSSR count). The molecular weight excluding hydrogens is 388 g/mol. The zero-order chi connectivity index (χ0) is 20.7. The average Bonchev–Trinajstić information content (AvgIpc) is 2.68. The highest BCUT2D eigenvalue weighted by molar-refractivity contribution is 7.88. The van der Waals surface area contributed by atoms with Gasteiger partial charge in [0, 0.05) is 19.3 Å². The van der Waals surface area contributed by atoms with Crippen molar-refractivity contribution in [2.45, 2.75) is 19.6 Å². The maximum absolute atomic E-state index is 12.2. The summed E-state index contributed by atoms with van der Waals surface area (Å²) in [5, 5.41) is 14.3. The van der Waals surface area contributed by atoms with Crippen LogP contribution in [-0.4, -0.2) is 36.7 Å². The molecule has 0 atom stereocenters. The van der Waals surface area contributed by atoms with Gasteiger partial charge < -0.3 is 10.6 Å². The predicted molar refractivity (Wildman–Crippen MR) is 115 cm³/mol. The maximum atomic E-state index is 12.2. The van der Waals surface area contributed by atoms with Crippen molar-refractivity contribution in [1.29, 1.82) is 0 Å². The van der Waals surface area contributed by atoms with Gasteiger partial charge >= 0.3 is 0 Å². The second kappa shape index (κ2) is 9.44. The Morgan fingerprint density at radius 1 is 0.828 bits per heavy atom. The van der Waals surface area contributed by atoms with E-state index in [1.54, 1.807) is 18.3 Å². The van der Waals surface area contributed by atoms with Gasteiger partial charge in [0.25, 0.3) is 0 Å². The Hall–Kier alpha value is -3.04. The van der Waals surface area contributed by atoms with E-state index in [-0.39, 0.29) is 12.3 Å². The largest absolute Gasteiger partial charge is 0.367 e. The lowest BCUT2D eigenvalue weighted by Gasteiger charge is -2.09. The van der Waals surface area contributed by atoms with Crippen LogP contribution in [0.5, 0.6) is 0 Å². The van der Waals surface area contributed by atoms with Crippen molar-refractivity contribution in [2.75, 3.05) is 23.7 Å². The van der Waals surface area contributed by atoms with Crippen LogP contribution in [-0.2, 0) is 15.8 Å². The van der Waals surface area contributed by atoms with Gasteiger partial charge in [-0.05, 0) is 49.2 Å². The smallest absolute Gasteiger partial charge is 0.215 e. The number of pyridine rings is 1. The summed E-state index contributed by atoms with van der Waals surface area (Å²) >= 11 is 0. The fraction of sp³-hybridized carbons (Fsp3) is 0.250. The molecule has 2 heterocycles. The number of hydrogen-bond acceptors (Lipinski definition) is 7. The number of aryl methyl sites for hydroxylation is 2. The van der Waals surface area contributed by atoms with Crippen molar-refractivity contribution in [3.63, 3.8) is 0 Å². The van der Waals surface area contributed by atoms with Crippen LogP contribution in [0.3, 0.4) is 0 Å². The lowest BCUT2D eigenvalue weighted by molar-refractivity contribution is 0.582. The van der Waals surface area contributed by atoms with Crippen molar-refractivity contribution < 1.29 is 8.42 Å². The van der Waals surface area contributed by atoms with Gasteiger partial charge in [0.1, 0.15) is 11.6 Å². The van der Waals surface area contributed by atoms with E-state index in [4.69, 9.17) is 0 Å². The van der Waals surface area contributed by atoms with Crippen molar-refractivity contribution in [1.82, 2.24) is 19.9 Å². The summed E-state index contributed by atoms with van der Waals surface area (Å²) in [6, 6.07) is 14.8. The molecule has 2 aromatic heterocycles. The average molecular weight is 413 g/mol. The molecule has 0 aliphatic heterocycles. The quantitative estimate of drug-likeness (QED) is 0.464. The molecule has 0 bridgehead atoms. The SMILES string of the molecule is Cc1ccc(CS(=O)(=O)NCCNc2ccc(Nc3cc(C)ccn3)nn2)cc1. The van der Waals surface area contributed by atoms with Crippen LogP contribution in [0, 0.1) is 13.8 Å². The van der Waals surface area contributed by atoms with Crippen molar-refractivity contribution in [3.05, 3.63) is 71.4 Å². The summed E-state index contributed by atoms with van der Waals surface area (Å²) in [6.45, 7) is 4.60. The Labute approximate surface area is 170 Å². The molecule has 0 spiro atoms. The first-order chi connectivity index (χ1) is 13.9. The molecule has 152 valence electrons. The first-order valence-electron chi connectivity index (χ1n) is 9.20. The molecule has 9 heteroatoms. The Morgan fingerprint density at radius 3 is 2.24 bits per heavy atom. The lowest BCUT2D eigenvalue weighted by Crippen LogP contribution is -2.30. The van der Waals surface area contributed by atoms with E-state index in [1.807, 2.05) is 50.2 Å². The maximum Gasteiger partial charge on any atom is 0.215 e. The number of hydrogen-bond donors (Lipinski definition) is 3. The first-order valence-corrected chi connectivity index (χ1v) is 10.8. The molecule has 0 fully saturated rings. The molecule has 0 saturated carbocycles. The van der Waals surface area contributed by atoms with Gasteiger partial charge in [-0.3, -0.25) is 0 Å². The van der Waals surface area contributed by atoms with E-state index >= 15 is 0 Å². The minimum Gasteiger partial charge on any atom is -0.367 e. The summed E-state index contributed by atoms with van der Waals surface area (Å²) in [5.74, 6) is 1.79. The second-order valence-electron chi connectivity index (χ2n) is 6.71. The van der Waals surface area contributed by atoms with Crippen LogP contribution in [0.15, 0.2) is 54.7 Å². The van der Waals surface area contributed by atoms with E-state index in [0.29, 0.717) is 24.0 Å². The highest BCUT2D eigenvalue weighted by Crippen LogP contribution is 2.13. The minimum atomic E-state index is -3.39. The van der Waals surface area contributed by atoms with E-state index in [0.717, 1.165) is 16.7 Å². The number of benzene rings is 1. The summed E-state index contributed by atoms with van der Waals surface area (Å²) in [4.78, 5) is 4.22. The molecule has 0 unspecified atom stereocenters. The van der Waals surface area contributed by atoms with E-state index in [9.17, 15) is 8.42 Å². The summed E-state index contributed by atoms with van der Waals surface area (Å²) in [5.41, 5.74) is 2.95. The number of nitrogens with one attached hydrogen (secondary N) is 3. The first kappa shape index (κ1) is 20.7. The third-order valence-electron chi connectivity index (χ3n) is 4.07. The predicted octanol–water partition coefficient (Wildman–Crippen LogP) is 2.76. The summed E-state index contributed by atoms with van der Waals surface area (Å²) in [7, 11) is -3.39. The normalized spacial score (nSPS) is 11.2. The second-order valence-corrected chi connectivity index (χ2v) is 8.52. The monoisotopic (exact) mass is 412 g/mol. The molecule has 3 N–H and O–H groups in total. The van der Waals surface area contributed by atoms with Gasteiger partial charge in [-0.15, -0.1) is 10.2 Å². The number of nitrogens with zero attached hydrogens (tertiary/aromatic N) is 3. The van der Waals surface area contributed by atoms with Crippen LogP contribution in [0.25, 0.3) is 0 Å². The van der Waals surface area contributed by atoms with Crippen LogP contribution >= 0.6 is 0 Å². The highest BCUT2D eigenvalue weighted by atomic mass is 32.2. The number of anilines is 3. The molecule has 0 aliphatic carbocycles. The van der Waals surface area contributed by atoms with Crippen molar-refractivity contribution in [2.24, 2.45) is 0 Å². The van der Waals surface area contributed by atoms with Crippen LogP contribution in [0.1, 0.15) is 16.7 Å². The fourth-order valence-electron chi connectivity index (χ4n) is 2.58. The van der Waals surface area contributed by atoms with E-state index in [2.05, 4.69) is 30.5 Å². The van der Waals surface area contributed by atoms with Gasteiger partial charge in [-0.1, -0.05) is 29.8 Å². The fourth-order valence-corrected chi connectivity index (χ4v) is 3.73. The third kappa shape index (κ3) is 6.81. The topological polar surface area (TPSA) is 109 Å². The van der Waals surface area contributed by atoms with Gasteiger partial charge in [0.15, 0.2) is 5.82 Å². The van der Waals surface area contributed by atoms with E-state index < -0.39 is 10.0 Å². The number of aromatic nitrogens is 3. The van der Waals surface area contributed by atoms with Gasteiger partial charge in [-0.25, -0.2) is 18.1 Å². The Balaban J connectivity index is 1.43. The molecule has 0 amide bonds. The van der Waals surface area contributed by atoms with Gasteiger partial charge in [-0.2, -0.15) is 0 Å². The molecular formula is C20H24N6O2S.